The summed E-state index contributed by atoms with van der Waals surface area (Å²) in [5.41, 5.74) is 0.577. The van der Waals surface area contributed by atoms with E-state index in [4.69, 9.17) is 4.74 Å². The van der Waals surface area contributed by atoms with E-state index in [9.17, 15) is 22.8 Å². The minimum Gasteiger partial charge on any atom is -0.465 e. The summed E-state index contributed by atoms with van der Waals surface area (Å²) in [6.07, 6.45) is 0.843. The van der Waals surface area contributed by atoms with Gasteiger partial charge in [-0.15, -0.1) is 0 Å². The topological polar surface area (TPSA) is 110 Å². The van der Waals surface area contributed by atoms with Gasteiger partial charge in [0.2, 0.25) is 11.8 Å². The molecule has 2 fully saturated rings. The van der Waals surface area contributed by atoms with Crippen LogP contribution in [0.25, 0.3) is 0 Å². The van der Waals surface area contributed by atoms with Crippen molar-refractivity contribution < 1.29 is 27.5 Å². The van der Waals surface area contributed by atoms with Gasteiger partial charge in [-0.1, -0.05) is 12.1 Å². The normalized spacial score (nSPS) is 25.5. The lowest BCUT2D eigenvalue weighted by atomic mass is 10.1. The van der Waals surface area contributed by atoms with Crippen molar-refractivity contribution in [2.24, 2.45) is 11.8 Å². The SMILES string of the molecule is COC(=O)c1ccccc1NC(=O)C1CC1C(=O)N(C)C1CCS(=O)(=O)C1. The Morgan fingerprint density at radius 2 is 1.89 bits per heavy atom. The maximum absolute atomic E-state index is 12.6. The fourth-order valence-corrected chi connectivity index (χ4v) is 5.16. The number of esters is 1. The number of sulfone groups is 1. The van der Waals surface area contributed by atoms with Crippen molar-refractivity contribution in [2.75, 3.05) is 31.0 Å². The van der Waals surface area contributed by atoms with Crippen LogP contribution >= 0.6 is 0 Å². The number of ether oxygens (including phenoxy) is 1. The van der Waals surface area contributed by atoms with E-state index < -0.39 is 27.6 Å². The number of nitrogens with one attached hydrogen (secondary N) is 1. The van der Waals surface area contributed by atoms with E-state index in [1.54, 1.807) is 31.3 Å². The molecule has 1 saturated heterocycles. The van der Waals surface area contributed by atoms with E-state index in [0.29, 0.717) is 18.5 Å². The number of rotatable bonds is 5. The summed E-state index contributed by atoms with van der Waals surface area (Å²) in [5, 5.41) is 2.69. The zero-order valence-corrected chi connectivity index (χ0v) is 16.0. The summed E-state index contributed by atoms with van der Waals surface area (Å²) in [5.74, 6) is -1.97. The summed E-state index contributed by atoms with van der Waals surface area (Å²) in [6, 6.07) is 6.17. The molecule has 3 atom stereocenters. The first kappa shape index (κ1) is 19.3. The molecule has 0 bridgehead atoms. The van der Waals surface area contributed by atoms with Gasteiger partial charge in [-0.25, -0.2) is 13.2 Å². The highest BCUT2D eigenvalue weighted by Crippen LogP contribution is 2.41. The summed E-state index contributed by atoms with van der Waals surface area (Å²) in [4.78, 5) is 38.3. The van der Waals surface area contributed by atoms with Crippen molar-refractivity contribution in [3.8, 4) is 0 Å². The van der Waals surface area contributed by atoms with Crippen LogP contribution in [0, 0.1) is 11.8 Å². The molecule has 0 spiro atoms. The van der Waals surface area contributed by atoms with Crippen LogP contribution in [-0.4, -0.2) is 62.8 Å². The van der Waals surface area contributed by atoms with Crippen LogP contribution in [0.5, 0.6) is 0 Å². The van der Waals surface area contributed by atoms with E-state index >= 15 is 0 Å². The molecule has 1 aromatic rings. The van der Waals surface area contributed by atoms with Crippen molar-refractivity contribution >= 4 is 33.3 Å². The van der Waals surface area contributed by atoms with Crippen LogP contribution < -0.4 is 5.32 Å². The molecule has 0 radical (unpaired) electrons. The molecule has 3 unspecified atom stereocenters. The van der Waals surface area contributed by atoms with E-state index in [1.807, 2.05) is 0 Å². The van der Waals surface area contributed by atoms with E-state index in [0.717, 1.165) is 0 Å². The number of para-hydroxylation sites is 1. The van der Waals surface area contributed by atoms with E-state index in [2.05, 4.69) is 5.32 Å². The minimum absolute atomic E-state index is 0.0225. The first-order valence-corrected chi connectivity index (χ1v) is 10.5. The molecule has 27 heavy (non-hydrogen) atoms. The predicted octanol–water partition coefficient (Wildman–Crippen LogP) is 0.693. The molecule has 1 N–H and O–H groups in total. The molecular formula is C18H22N2O6S. The lowest BCUT2D eigenvalue weighted by molar-refractivity contribution is -0.134. The third-order valence-corrected chi connectivity index (χ3v) is 6.89. The van der Waals surface area contributed by atoms with Crippen molar-refractivity contribution in [3.05, 3.63) is 29.8 Å². The molecular weight excluding hydrogens is 372 g/mol. The molecule has 8 nitrogen and oxygen atoms in total. The average molecular weight is 394 g/mol. The molecule has 2 aliphatic rings. The Labute approximate surface area is 157 Å². The highest BCUT2D eigenvalue weighted by molar-refractivity contribution is 7.91. The van der Waals surface area contributed by atoms with Crippen molar-refractivity contribution in [1.29, 1.82) is 0 Å². The van der Waals surface area contributed by atoms with Gasteiger partial charge in [0.25, 0.3) is 0 Å². The summed E-state index contributed by atoms with van der Waals surface area (Å²) in [6.45, 7) is 0. The maximum Gasteiger partial charge on any atom is 0.339 e. The standard InChI is InChI=1S/C18H22N2O6S/c1-20(11-7-8-27(24,25)10-11)17(22)14-9-13(14)16(21)19-15-6-4-3-5-12(15)18(23)26-2/h3-6,11,13-14H,7-10H2,1-2H3,(H,19,21). The molecule has 1 aliphatic carbocycles. The van der Waals surface area contributed by atoms with Gasteiger partial charge in [0.05, 0.1) is 41.7 Å². The molecule has 1 heterocycles. The lowest BCUT2D eigenvalue weighted by Crippen LogP contribution is -2.39. The zero-order chi connectivity index (χ0) is 19.8. The zero-order valence-electron chi connectivity index (χ0n) is 15.2. The predicted molar refractivity (Wildman–Crippen MR) is 97.8 cm³/mol. The molecule has 9 heteroatoms. The molecule has 3 rings (SSSR count). The second kappa shape index (κ2) is 7.30. The van der Waals surface area contributed by atoms with Gasteiger partial charge in [-0.05, 0) is 25.0 Å². The number of carbonyl (C=O) groups is 3. The monoisotopic (exact) mass is 394 g/mol. The van der Waals surface area contributed by atoms with Crippen LogP contribution in [-0.2, 0) is 24.2 Å². The van der Waals surface area contributed by atoms with Crippen molar-refractivity contribution in [2.45, 2.75) is 18.9 Å². The Morgan fingerprint density at radius 1 is 1.19 bits per heavy atom. The van der Waals surface area contributed by atoms with Crippen LogP contribution in [0.4, 0.5) is 5.69 Å². The minimum atomic E-state index is -3.08. The van der Waals surface area contributed by atoms with Gasteiger partial charge in [-0.3, -0.25) is 9.59 Å². The molecule has 2 amide bonds. The van der Waals surface area contributed by atoms with Gasteiger partial charge in [-0.2, -0.15) is 0 Å². The van der Waals surface area contributed by atoms with Gasteiger partial charge < -0.3 is 15.0 Å². The van der Waals surface area contributed by atoms with Gasteiger partial charge in [0, 0.05) is 13.1 Å². The van der Waals surface area contributed by atoms with Crippen LogP contribution in [0.3, 0.4) is 0 Å². The van der Waals surface area contributed by atoms with Crippen LogP contribution in [0.15, 0.2) is 24.3 Å². The second-order valence-corrected chi connectivity index (χ2v) is 9.21. The first-order valence-electron chi connectivity index (χ1n) is 8.69. The number of hydrogen-bond donors (Lipinski definition) is 1. The number of benzene rings is 1. The number of methoxy groups -OCH3 is 1. The lowest BCUT2D eigenvalue weighted by Gasteiger charge is -2.23. The Morgan fingerprint density at radius 3 is 2.52 bits per heavy atom. The molecule has 146 valence electrons. The molecule has 1 aliphatic heterocycles. The largest absolute Gasteiger partial charge is 0.465 e. The first-order chi connectivity index (χ1) is 12.7. The third kappa shape index (κ3) is 4.13. The Balaban J connectivity index is 1.61. The van der Waals surface area contributed by atoms with Gasteiger partial charge in [0.1, 0.15) is 0 Å². The molecule has 1 aromatic carbocycles. The Kier molecular flexibility index (Phi) is 5.23. The third-order valence-electron chi connectivity index (χ3n) is 5.14. The number of anilines is 1. The van der Waals surface area contributed by atoms with Crippen LogP contribution in [0.2, 0.25) is 0 Å². The molecule has 0 aromatic heterocycles. The number of hydrogen-bond acceptors (Lipinski definition) is 6. The summed E-state index contributed by atoms with van der Waals surface area (Å²) >= 11 is 0. The smallest absolute Gasteiger partial charge is 0.339 e. The number of carbonyl (C=O) groups excluding carboxylic acids is 3. The summed E-state index contributed by atoms with van der Waals surface area (Å²) in [7, 11) is -0.232. The van der Waals surface area contributed by atoms with Gasteiger partial charge >= 0.3 is 5.97 Å². The average Bonchev–Trinajstić information content (AvgIpc) is 3.37. The Hall–Kier alpha value is -2.42. The summed E-state index contributed by atoms with van der Waals surface area (Å²) < 4.78 is 27.9. The highest BCUT2D eigenvalue weighted by atomic mass is 32.2. The highest BCUT2D eigenvalue weighted by Gasteiger charge is 2.50. The van der Waals surface area contributed by atoms with Gasteiger partial charge in [0.15, 0.2) is 9.84 Å². The Bertz CT molecular complexity index is 882. The number of amides is 2. The fourth-order valence-electron chi connectivity index (χ4n) is 3.39. The number of nitrogens with zero attached hydrogens (tertiary/aromatic N) is 1. The van der Waals surface area contributed by atoms with Crippen LogP contribution in [0.1, 0.15) is 23.2 Å². The quantitative estimate of drug-likeness (QED) is 0.736. The van der Waals surface area contributed by atoms with Crippen molar-refractivity contribution in [3.63, 3.8) is 0 Å². The second-order valence-electron chi connectivity index (χ2n) is 6.98. The van der Waals surface area contributed by atoms with E-state index in [1.165, 1.54) is 12.0 Å². The maximum atomic E-state index is 12.6. The van der Waals surface area contributed by atoms with E-state index in [-0.39, 0.29) is 34.9 Å². The molecule has 1 saturated carbocycles. The van der Waals surface area contributed by atoms with Crippen molar-refractivity contribution in [1.82, 2.24) is 4.90 Å². The fraction of sp³-hybridized carbons (Fsp3) is 0.500.